The molecule has 0 bridgehead atoms. The highest BCUT2D eigenvalue weighted by Gasteiger charge is 2.57. The number of amides is 1. The van der Waals surface area contributed by atoms with E-state index in [1.807, 2.05) is 35.2 Å². The molecule has 194 valence electrons. The molecule has 1 fully saturated rings. The van der Waals surface area contributed by atoms with E-state index in [9.17, 15) is 27.5 Å². The van der Waals surface area contributed by atoms with Crippen molar-refractivity contribution >= 4 is 17.4 Å². The maximum atomic E-state index is 14.8. The largest absolute Gasteiger partial charge is 0.419 e. The van der Waals surface area contributed by atoms with Crippen LogP contribution in [0.4, 0.5) is 29.1 Å². The summed E-state index contributed by atoms with van der Waals surface area (Å²) in [5.74, 6) is -1.14. The number of hydrogen-bond donors (Lipinski definition) is 2. The Morgan fingerprint density at radius 3 is 2.51 bits per heavy atom. The minimum absolute atomic E-state index is 0.0455. The number of aliphatic hydroxyl groups excluding tert-OH is 1. The standard InChI is InChI=1S/C26H25F4N5O2/c1-16(18-8-5-9-20(21(18)27)26(28,29)30)33-23-19-12-35(17-6-3-2-4-7-17)24(37)25(22(19)31-15-32-23)13-34(14-25)10-11-36/h2-9,15-16,36H,10-14H2,1H3,(H,31,32,33)/t16-/m1/s1. The van der Waals surface area contributed by atoms with Crippen molar-refractivity contribution in [2.24, 2.45) is 0 Å². The second-order valence-corrected chi connectivity index (χ2v) is 9.37. The van der Waals surface area contributed by atoms with Gasteiger partial charge in [0.2, 0.25) is 5.91 Å². The highest BCUT2D eigenvalue weighted by atomic mass is 19.4. The summed E-state index contributed by atoms with van der Waals surface area (Å²) in [4.78, 5) is 26.2. The van der Waals surface area contributed by atoms with E-state index < -0.39 is 29.0 Å². The van der Waals surface area contributed by atoms with Crippen molar-refractivity contribution in [2.75, 3.05) is 36.5 Å². The molecule has 1 atom stereocenters. The van der Waals surface area contributed by atoms with Crippen molar-refractivity contribution in [3.05, 3.63) is 83.1 Å². The van der Waals surface area contributed by atoms with E-state index in [1.165, 1.54) is 18.5 Å². The number of carbonyl (C=O) groups excluding carboxylic acids is 1. The lowest BCUT2D eigenvalue weighted by atomic mass is 9.71. The number of benzene rings is 2. The Morgan fingerprint density at radius 2 is 1.84 bits per heavy atom. The summed E-state index contributed by atoms with van der Waals surface area (Å²) in [6, 6.07) is 11.4. The molecule has 7 nitrogen and oxygen atoms in total. The van der Waals surface area contributed by atoms with E-state index in [2.05, 4.69) is 15.3 Å². The quantitative estimate of drug-likeness (QED) is 0.485. The molecule has 0 radical (unpaired) electrons. The molecule has 0 aliphatic carbocycles. The van der Waals surface area contributed by atoms with Crippen LogP contribution in [0.2, 0.25) is 0 Å². The highest BCUT2D eigenvalue weighted by Crippen LogP contribution is 2.44. The number of anilines is 2. The lowest BCUT2D eigenvalue weighted by Gasteiger charge is -2.53. The third-order valence-corrected chi connectivity index (χ3v) is 6.99. The SMILES string of the molecule is C[C@@H](Nc1ncnc2c1CN(c1ccccc1)C(=O)C21CN(CCO)C1)c1cccc(C(F)(F)F)c1F. The van der Waals surface area contributed by atoms with E-state index in [1.54, 1.807) is 11.8 Å². The predicted octanol–water partition coefficient (Wildman–Crippen LogP) is 3.90. The van der Waals surface area contributed by atoms with Crippen LogP contribution in [0.3, 0.4) is 0 Å². The number of aliphatic hydroxyl groups is 1. The molecule has 3 aromatic rings. The Hall–Kier alpha value is -3.57. The Bertz CT molecular complexity index is 1310. The minimum atomic E-state index is -4.82. The molecular formula is C26H25F4N5O2. The third kappa shape index (κ3) is 4.31. The molecule has 0 saturated carbocycles. The molecule has 1 saturated heterocycles. The van der Waals surface area contributed by atoms with Crippen molar-refractivity contribution in [1.29, 1.82) is 0 Å². The van der Waals surface area contributed by atoms with E-state index in [-0.39, 0.29) is 24.6 Å². The number of aromatic nitrogens is 2. The number of rotatable bonds is 6. The summed E-state index contributed by atoms with van der Waals surface area (Å²) in [5.41, 5.74) is -0.599. The second-order valence-electron chi connectivity index (χ2n) is 9.37. The first-order chi connectivity index (χ1) is 17.7. The van der Waals surface area contributed by atoms with E-state index >= 15 is 0 Å². The minimum Gasteiger partial charge on any atom is -0.395 e. The molecule has 0 unspecified atom stereocenters. The fraction of sp³-hybridized carbons (Fsp3) is 0.346. The van der Waals surface area contributed by atoms with Gasteiger partial charge in [-0.2, -0.15) is 13.2 Å². The van der Waals surface area contributed by atoms with Gasteiger partial charge in [0.25, 0.3) is 0 Å². The topological polar surface area (TPSA) is 81.6 Å². The van der Waals surface area contributed by atoms with Gasteiger partial charge in [0.15, 0.2) is 0 Å². The van der Waals surface area contributed by atoms with Crippen LogP contribution in [0.15, 0.2) is 54.9 Å². The molecule has 1 spiro atoms. The van der Waals surface area contributed by atoms with Crippen LogP contribution >= 0.6 is 0 Å². The van der Waals surface area contributed by atoms with Crippen LogP contribution in [0.25, 0.3) is 0 Å². The second kappa shape index (κ2) is 9.38. The van der Waals surface area contributed by atoms with Crippen LogP contribution in [0.1, 0.15) is 35.3 Å². The van der Waals surface area contributed by atoms with Gasteiger partial charge < -0.3 is 15.3 Å². The molecule has 2 aliphatic rings. The number of carbonyl (C=O) groups is 1. The number of likely N-dealkylation sites (tertiary alicyclic amines) is 1. The van der Waals surface area contributed by atoms with E-state index in [0.717, 1.165) is 0 Å². The fourth-order valence-corrected chi connectivity index (χ4v) is 5.19. The molecule has 1 aromatic heterocycles. The monoisotopic (exact) mass is 515 g/mol. The Balaban J connectivity index is 1.54. The van der Waals surface area contributed by atoms with E-state index in [0.29, 0.717) is 48.5 Å². The van der Waals surface area contributed by atoms with Gasteiger partial charge in [-0.25, -0.2) is 14.4 Å². The number of nitrogens with zero attached hydrogens (tertiary/aromatic N) is 4. The zero-order valence-electron chi connectivity index (χ0n) is 20.0. The number of alkyl halides is 3. The van der Waals surface area contributed by atoms with Gasteiger partial charge >= 0.3 is 6.18 Å². The zero-order valence-corrected chi connectivity index (χ0v) is 20.0. The molecule has 3 heterocycles. The van der Waals surface area contributed by atoms with Crippen LogP contribution in [-0.4, -0.2) is 52.1 Å². The average molecular weight is 516 g/mol. The third-order valence-electron chi connectivity index (χ3n) is 6.99. The van der Waals surface area contributed by atoms with Gasteiger partial charge in [0, 0.05) is 36.4 Å². The number of halogens is 4. The molecule has 5 rings (SSSR count). The normalized spacial score (nSPS) is 17.9. The Labute approximate surface area is 210 Å². The summed E-state index contributed by atoms with van der Waals surface area (Å²) >= 11 is 0. The van der Waals surface area contributed by atoms with Crippen molar-refractivity contribution in [3.63, 3.8) is 0 Å². The van der Waals surface area contributed by atoms with E-state index in [4.69, 9.17) is 0 Å². The summed E-state index contributed by atoms with van der Waals surface area (Å²) in [6.07, 6.45) is -3.51. The first kappa shape index (κ1) is 25.1. The van der Waals surface area contributed by atoms with Crippen molar-refractivity contribution < 1.29 is 27.5 Å². The molecule has 1 amide bonds. The van der Waals surface area contributed by atoms with Crippen LogP contribution in [-0.2, 0) is 22.9 Å². The zero-order chi connectivity index (χ0) is 26.4. The van der Waals surface area contributed by atoms with Gasteiger partial charge in [0.1, 0.15) is 23.4 Å². The number of para-hydroxylation sites is 1. The van der Waals surface area contributed by atoms with Gasteiger partial charge in [-0.15, -0.1) is 0 Å². The van der Waals surface area contributed by atoms with Gasteiger partial charge in [-0.05, 0) is 25.1 Å². The molecule has 2 aliphatic heterocycles. The van der Waals surface area contributed by atoms with Crippen LogP contribution in [0, 0.1) is 5.82 Å². The molecule has 11 heteroatoms. The lowest BCUT2D eigenvalue weighted by molar-refractivity contribution is -0.140. The summed E-state index contributed by atoms with van der Waals surface area (Å²) in [7, 11) is 0. The maximum Gasteiger partial charge on any atom is 0.419 e. The van der Waals surface area contributed by atoms with Gasteiger partial charge in [0.05, 0.1) is 30.5 Å². The maximum absolute atomic E-state index is 14.8. The van der Waals surface area contributed by atoms with Crippen molar-refractivity contribution in [3.8, 4) is 0 Å². The van der Waals surface area contributed by atoms with Crippen LogP contribution in [0.5, 0.6) is 0 Å². The number of nitrogens with one attached hydrogen (secondary N) is 1. The number of hydrogen-bond acceptors (Lipinski definition) is 6. The first-order valence-corrected chi connectivity index (χ1v) is 11.8. The molecule has 2 N–H and O–H groups in total. The smallest absolute Gasteiger partial charge is 0.395 e. The van der Waals surface area contributed by atoms with Crippen LogP contribution < -0.4 is 10.2 Å². The summed E-state index contributed by atoms with van der Waals surface area (Å²) < 4.78 is 54.6. The molecule has 37 heavy (non-hydrogen) atoms. The molecular weight excluding hydrogens is 490 g/mol. The van der Waals surface area contributed by atoms with Gasteiger partial charge in [-0.3, -0.25) is 9.69 Å². The Kier molecular flexibility index (Phi) is 6.36. The number of fused-ring (bicyclic) bond motifs is 2. The highest BCUT2D eigenvalue weighted by molar-refractivity contribution is 6.04. The fourth-order valence-electron chi connectivity index (χ4n) is 5.19. The predicted molar refractivity (Wildman–Crippen MR) is 128 cm³/mol. The first-order valence-electron chi connectivity index (χ1n) is 11.8. The average Bonchev–Trinajstić information content (AvgIpc) is 2.84. The van der Waals surface area contributed by atoms with Gasteiger partial charge in [-0.1, -0.05) is 30.3 Å². The van der Waals surface area contributed by atoms with Crippen molar-refractivity contribution in [1.82, 2.24) is 14.9 Å². The van der Waals surface area contributed by atoms with Crippen molar-refractivity contribution in [2.45, 2.75) is 31.1 Å². The number of β-amino-alcohol motifs (C(OH)–C–C–N with tert-alkyl or cyclic N) is 1. The molecule has 2 aromatic carbocycles. The lowest BCUT2D eigenvalue weighted by Crippen LogP contribution is -2.69. The Morgan fingerprint density at radius 1 is 1.11 bits per heavy atom. The summed E-state index contributed by atoms with van der Waals surface area (Å²) in [6.45, 7) is 2.78. The summed E-state index contributed by atoms with van der Waals surface area (Å²) in [5, 5.41) is 12.4.